The zero-order chi connectivity index (χ0) is 13.8. The van der Waals surface area contributed by atoms with Crippen molar-refractivity contribution in [1.29, 1.82) is 0 Å². The van der Waals surface area contributed by atoms with Crippen LogP contribution >= 0.6 is 0 Å². The van der Waals surface area contributed by atoms with Crippen molar-refractivity contribution >= 4 is 5.97 Å². The minimum atomic E-state index is -0.992. The number of pyridine rings is 1. The molecule has 5 nitrogen and oxygen atoms in total. The van der Waals surface area contributed by atoms with Crippen LogP contribution in [-0.4, -0.2) is 27.7 Å². The van der Waals surface area contributed by atoms with E-state index in [9.17, 15) is 4.79 Å². The van der Waals surface area contributed by atoms with E-state index in [4.69, 9.17) is 9.84 Å². The summed E-state index contributed by atoms with van der Waals surface area (Å²) in [5, 5.41) is 12.0. The maximum Gasteiger partial charge on any atom is 0.344 e. The standard InChI is InChI=1S/C13H20N2O3/c1-9(12(16)17)18-11-6-5-10(14-8-11)7-15-13(2,3)4/h5-6,8-9,15H,7H2,1-4H3,(H,16,17). The van der Waals surface area contributed by atoms with Gasteiger partial charge >= 0.3 is 5.97 Å². The minimum absolute atomic E-state index is 0.0364. The molecular weight excluding hydrogens is 232 g/mol. The van der Waals surface area contributed by atoms with Crippen LogP contribution in [0.3, 0.4) is 0 Å². The molecule has 0 saturated heterocycles. The Balaban J connectivity index is 2.55. The number of aromatic nitrogens is 1. The lowest BCUT2D eigenvalue weighted by Gasteiger charge is -2.20. The van der Waals surface area contributed by atoms with E-state index in [1.165, 1.54) is 6.92 Å². The molecule has 1 aromatic heterocycles. The SMILES string of the molecule is CC(Oc1ccc(CNC(C)(C)C)nc1)C(=O)O. The van der Waals surface area contributed by atoms with Gasteiger partial charge in [0.2, 0.25) is 0 Å². The molecule has 1 rings (SSSR count). The third-order valence-electron chi connectivity index (χ3n) is 2.26. The Bertz CT molecular complexity index is 396. The molecule has 1 atom stereocenters. The zero-order valence-electron chi connectivity index (χ0n) is 11.2. The van der Waals surface area contributed by atoms with Gasteiger partial charge in [-0.2, -0.15) is 0 Å². The Morgan fingerprint density at radius 1 is 1.50 bits per heavy atom. The first-order valence-electron chi connectivity index (χ1n) is 5.87. The number of carbonyl (C=O) groups is 1. The second kappa shape index (κ2) is 5.82. The second-order valence-electron chi connectivity index (χ2n) is 5.19. The van der Waals surface area contributed by atoms with Crippen LogP contribution in [0, 0.1) is 0 Å². The average Bonchev–Trinajstić information content (AvgIpc) is 2.27. The fraction of sp³-hybridized carbons (Fsp3) is 0.538. The molecule has 1 unspecified atom stereocenters. The van der Waals surface area contributed by atoms with Crippen LogP contribution in [0.15, 0.2) is 18.3 Å². The molecule has 0 aromatic carbocycles. The van der Waals surface area contributed by atoms with E-state index in [0.717, 1.165) is 5.69 Å². The van der Waals surface area contributed by atoms with Crippen molar-refractivity contribution in [2.45, 2.75) is 45.9 Å². The van der Waals surface area contributed by atoms with E-state index < -0.39 is 12.1 Å². The number of hydrogen-bond acceptors (Lipinski definition) is 4. The van der Waals surface area contributed by atoms with Crippen LogP contribution in [-0.2, 0) is 11.3 Å². The van der Waals surface area contributed by atoms with Gasteiger partial charge < -0.3 is 15.2 Å². The molecule has 0 saturated carbocycles. The summed E-state index contributed by atoms with van der Waals surface area (Å²) in [6.45, 7) is 8.40. The Hall–Kier alpha value is -1.62. The molecule has 18 heavy (non-hydrogen) atoms. The monoisotopic (exact) mass is 252 g/mol. The molecule has 0 aliphatic rings. The van der Waals surface area contributed by atoms with Gasteiger partial charge in [0.25, 0.3) is 0 Å². The van der Waals surface area contributed by atoms with E-state index in [1.807, 2.05) is 6.07 Å². The molecule has 0 amide bonds. The molecule has 1 aromatic rings. The van der Waals surface area contributed by atoms with Gasteiger partial charge in [0.05, 0.1) is 11.9 Å². The van der Waals surface area contributed by atoms with Gasteiger partial charge in [0, 0.05) is 12.1 Å². The summed E-state index contributed by atoms with van der Waals surface area (Å²) in [6.07, 6.45) is 0.671. The largest absolute Gasteiger partial charge is 0.479 e. The number of nitrogens with zero attached hydrogens (tertiary/aromatic N) is 1. The molecule has 0 fully saturated rings. The molecule has 0 aliphatic heterocycles. The molecule has 5 heteroatoms. The molecular formula is C13H20N2O3. The molecule has 1 heterocycles. The lowest BCUT2D eigenvalue weighted by Crippen LogP contribution is -2.35. The summed E-state index contributed by atoms with van der Waals surface area (Å²) in [5.74, 6) is -0.530. The van der Waals surface area contributed by atoms with E-state index >= 15 is 0 Å². The molecule has 0 spiro atoms. The van der Waals surface area contributed by atoms with Gasteiger partial charge in [-0.1, -0.05) is 0 Å². The van der Waals surface area contributed by atoms with E-state index in [-0.39, 0.29) is 5.54 Å². The van der Waals surface area contributed by atoms with Gasteiger partial charge in [-0.3, -0.25) is 4.98 Å². The van der Waals surface area contributed by atoms with Crippen LogP contribution in [0.4, 0.5) is 0 Å². The highest BCUT2D eigenvalue weighted by molar-refractivity contribution is 5.72. The van der Waals surface area contributed by atoms with E-state index in [0.29, 0.717) is 12.3 Å². The summed E-state index contributed by atoms with van der Waals surface area (Å²) in [4.78, 5) is 14.8. The highest BCUT2D eigenvalue weighted by atomic mass is 16.5. The number of aliphatic carboxylic acids is 1. The lowest BCUT2D eigenvalue weighted by molar-refractivity contribution is -0.144. The average molecular weight is 252 g/mol. The molecule has 2 N–H and O–H groups in total. The predicted molar refractivity (Wildman–Crippen MR) is 68.6 cm³/mol. The van der Waals surface area contributed by atoms with Gasteiger partial charge in [-0.25, -0.2) is 4.79 Å². The lowest BCUT2D eigenvalue weighted by atomic mass is 10.1. The molecule has 0 aliphatic carbocycles. The maximum absolute atomic E-state index is 10.6. The second-order valence-corrected chi connectivity index (χ2v) is 5.19. The fourth-order valence-electron chi connectivity index (χ4n) is 1.20. The van der Waals surface area contributed by atoms with Crippen LogP contribution in [0.5, 0.6) is 5.75 Å². The van der Waals surface area contributed by atoms with Crippen LogP contribution in [0.25, 0.3) is 0 Å². The Labute approximate surface area is 107 Å². The van der Waals surface area contributed by atoms with Gasteiger partial charge in [0.15, 0.2) is 6.10 Å². The summed E-state index contributed by atoms with van der Waals surface area (Å²) < 4.78 is 5.19. The fourth-order valence-corrected chi connectivity index (χ4v) is 1.20. The number of carboxylic acid groups (broad SMARTS) is 1. The zero-order valence-corrected chi connectivity index (χ0v) is 11.2. The predicted octanol–water partition coefficient (Wildman–Crippen LogP) is 1.82. The van der Waals surface area contributed by atoms with Crippen LogP contribution in [0.1, 0.15) is 33.4 Å². The molecule has 0 radical (unpaired) electrons. The van der Waals surface area contributed by atoms with Crippen LogP contribution < -0.4 is 10.1 Å². The van der Waals surface area contributed by atoms with Crippen molar-refractivity contribution in [3.63, 3.8) is 0 Å². The number of carboxylic acids is 1. The minimum Gasteiger partial charge on any atom is -0.479 e. The van der Waals surface area contributed by atoms with Crippen molar-refractivity contribution in [3.8, 4) is 5.75 Å². The summed E-state index contributed by atoms with van der Waals surface area (Å²) in [7, 11) is 0. The highest BCUT2D eigenvalue weighted by Gasteiger charge is 2.13. The number of rotatable bonds is 5. The van der Waals surface area contributed by atoms with Crippen molar-refractivity contribution in [2.75, 3.05) is 0 Å². The van der Waals surface area contributed by atoms with Crippen LogP contribution in [0.2, 0.25) is 0 Å². The molecule has 0 bridgehead atoms. The topological polar surface area (TPSA) is 71.5 Å². The third kappa shape index (κ3) is 5.14. The first kappa shape index (κ1) is 14.4. The van der Waals surface area contributed by atoms with E-state index in [2.05, 4.69) is 31.1 Å². The van der Waals surface area contributed by atoms with Crippen molar-refractivity contribution < 1.29 is 14.6 Å². The number of hydrogen-bond donors (Lipinski definition) is 2. The normalized spacial score (nSPS) is 13.1. The Morgan fingerprint density at radius 2 is 2.17 bits per heavy atom. The Morgan fingerprint density at radius 3 is 2.61 bits per heavy atom. The van der Waals surface area contributed by atoms with E-state index in [1.54, 1.807) is 12.3 Å². The van der Waals surface area contributed by atoms with Gasteiger partial charge in [-0.05, 0) is 39.8 Å². The van der Waals surface area contributed by atoms with Gasteiger partial charge in [-0.15, -0.1) is 0 Å². The first-order valence-corrected chi connectivity index (χ1v) is 5.87. The summed E-state index contributed by atoms with van der Waals surface area (Å²) in [5.41, 5.74) is 0.926. The Kier molecular flexibility index (Phi) is 4.67. The van der Waals surface area contributed by atoms with Crippen molar-refractivity contribution in [2.24, 2.45) is 0 Å². The quantitative estimate of drug-likeness (QED) is 0.836. The van der Waals surface area contributed by atoms with Crippen molar-refractivity contribution in [3.05, 3.63) is 24.0 Å². The van der Waals surface area contributed by atoms with Gasteiger partial charge in [0.1, 0.15) is 5.75 Å². The third-order valence-corrected chi connectivity index (χ3v) is 2.26. The first-order chi connectivity index (χ1) is 8.28. The number of ether oxygens (including phenoxy) is 1. The smallest absolute Gasteiger partial charge is 0.344 e. The number of nitrogens with one attached hydrogen (secondary N) is 1. The highest BCUT2D eigenvalue weighted by Crippen LogP contribution is 2.12. The summed E-state index contributed by atoms with van der Waals surface area (Å²) >= 11 is 0. The summed E-state index contributed by atoms with van der Waals surface area (Å²) in [6, 6.07) is 3.55. The van der Waals surface area contributed by atoms with Crippen molar-refractivity contribution in [1.82, 2.24) is 10.3 Å². The molecule has 100 valence electrons. The maximum atomic E-state index is 10.6.